The van der Waals surface area contributed by atoms with Crippen LogP contribution in [0.15, 0.2) is 47.5 Å². The molecule has 0 aromatic heterocycles. The molecule has 0 bridgehead atoms. The second-order valence-electron chi connectivity index (χ2n) is 4.68. The van der Waals surface area contributed by atoms with Crippen molar-refractivity contribution in [1.29, 1.82) is 0 Å². The fourth-order valence-electron chi connectivity index (χ4n) is 1.74. The van der Waals surface area contributed by atoms with Crippen LogP contribution in [-0.2, 0) is 0 Å². The molecule has 3 N–H and O–H groups in total. The van der Waals surface area contributed by atoms with Crippen LogP contribution in [0, 0.1) is 18.6 Å². The Morgan fingerprint density at radius 1 is 1.18 bits per heavy atom. The van der Waals surface area contributed by atoms with Crippen LogP contribution in [0.4, 0.5) is 14.5 Å². The zero-order valence-electron chi connectivity index (χ0n) is 12.1. The van der Waals surface area contributed by atoms with Crippen LogP contribution in [0.1, 0.15) is 5.56 Å². The van der Waals surface area contributed by atoms with Crippen molar-refractivity contribution in [3.05, 3.63) is 59.7 Å². The van der Waals surface area contributed by atoms with Crippen molar-refractivity contribution in [2.75, 3.05) is 18.5 Å². The number of guanidine groups is 1. The lowest BCUT2D eigenvalue weighted by Crippen LogP contribution is -2.23. The van der Waals surface area contributed by atoms with E-state index in [1.54, 1.807) is 0 Å². The summed E-state index contributed by atoms with van der Waals surface area (Å²) in [5, 5.41) is 2.94. The maximum absolute atomic E-state index is 13.3. The Bertz CT molecular complexity index is 657. The van der Waals surface area contributed by atoms with Gasteiger partial charge in [0, 0.05) is 11.8 Å². The van der Waals surface area contributed by atoms with Gasteiger partial charge in [-0.25, -0.2) is 13.8 Å². The first-order chi connectivity index (χ1) is 10.5. The summed E-state index contributed by atoms with van der Waals surface area (Å²) in [6.07, 6.45) is 0. The van der Waals surface area contributed by atoms with Crippen molar-refractivity contribution in [3.8, 4) is 5.75 Å². The lowest BCUT2D eigenvalue weighted by atomic mass is 10.2. The molecule has 0 unspecified atom stereocenters. The smallest absolute Gasteiger partial charge is 0.193 e. The van der Waals surface area contributed by atoms with Crippen LogP contribution in [0.5, 0.6) is 5.75 Å². The highest BCUT2D eigenvalue weighted by molar-refractivity contribution is 5.92. The van der Waals surface area contributed by atoms with Gasteiger partial charge in [-0.2, -0.15) is 0 Å². The Kier molecular flexibility index (Phi) is 5.30. The monoisotopic (exact) mass is 305 g/mol. The number of rotatable bonds is 5. The van der Waals surface area contributed by atoms with Gasteiger partial charge in [0.2, 0.25) is 0 Å². The highest BCUT2D eigenvalue weighted by atomic mass is 19.1. The van der Waals surface area contributed by atoms with Gasteiger partial charge in [0.05, 0.1) is 6.54 Å². The van der Waals surface area contributed by atoms with Gasteiger partial charge in [0.1, 0.15) is 12.4 Å². The van der Waals surface area contributed by atoms with E-state index in [1.165, 1.54) is 6.07 Å². The van der Waals surface area contributed by atoms with Crippen molar-refractivity contribution >= 4 is 11.6 Å². The van der Waals surface area contributed by atoms with Crippen molar-refractivity contribution < 1.29 is 13.5 Å². The zero-order valence-corrected chi connectivity index (χ0v) is 12.1. The van der Waals surface area contributed by atoms with Crippen LogP contribution in [-0.4, -0.2) is 19.1 Å². The Labute approximate surface area is 127 Å². The third kappa shape index (κ3) is 4.73. The highest BCUT2D eigenvalue weighted by Gasteiger charge is 2.04. The molecule has 22 heavy (non-hydrogen) atoms. The van der Waals surface area contributed by atoms with Gasteiger partial charge in [-0.05, 0) is 31.2 Å². The van der Waals surface area contributed by atoms with Crippen LogP contribution in [0.3, 0.4) is 0 Å². The molecule has 0 saturated heterocycles. The highest BCUT2D eigenvalue weighted by Crippen LogP contribution is 2.17. The van der Waals surface area contributed by atoms with Gasteiger partial charge in [0.15, 0.2) is 17.5 Å². The fraction of sp³-hybridized carbons (Fsp3) is 0.188. The number of hydrogen-bond acceptors (Lipinski definition) is 2. The number of aryl methyl sites for hydroxylation is 1. The SMILES string of the molecule is Cc1ccc(NC(N)=NCCOc2ccc(F)cc2F)cc1. The van der Waals surface area contributed by atoms with Crippen LogP contribution < -0.4 is 15.8 Å². The molecule has 2 aromatic rings. The number of hydrogen-bond donors (Lipinski definition) is 2. The molecule has 0 spiro atoms. The van der Waals surface area contributed by atoms with E-state index >= 15 is 0 Å². The number of aliphatic imine (C=N–C) groups is 1. The van der Waals surface area contributed by atoms with E-state index < -0.39 is 11.6 Å². The first-order valence-electron chi connectivity index (χ1n) is 6.76. The number of nitrogens with two attached hydrogens (primary N) is 1. The average Bonchev–Trinajstić information content (AvgIpc) is 2.48. The number of benzene rings is 2. The maximum atomic E-state index is 13.3. The van der Waals surface area contributed by atoms with Crippen LogP contribution in [0.25, 0.3) is 0 Å². The second-order valence-corrected chi connectivity index (χ2v) is 4.68. The van der Waals surface area contributed by atoms with Crippen molar-refractivity contribution in [2.45, 2.75) is 6.92 Å². The molecule has 0 aliphatic rings. The summed E-state index contributed by atoms with van der Waals surface area (Å²) < 4.78 is 31.2. The Hall–Kier alpha value is -2.63. The summed E-state index contributed by atoms with van der Waals surface area (Å²) >= 11 is 0. The topological polar surface area (TPSA) is 59.6 Å². The molecule has 6 heteroatoms. The van der Waals surface area contributed by atoms with Gasteiger partial charge in [-0.15, -0.1) is 0 Å². The summed E-state index contributed by atoms with van der Waals surface area (Å²) in [6, 6.07) is 10.8. The standard InChI is InChI=1S/C16H17F2N3O/c1-11-2-5-13(6-3-11)21-16(19)20-8-9-22-15-7-4-12(17)10-14(15)18/h2-7,10H,8-9H2,1H3,(H3,19,20,21). The van der Waals surface area contributed by atoms with E-state index in [0.29, 0.717) is 0 Å². The quantitative estimate of drug-likeness (QED) is 0.507. The molecule has 0 radical (unpaired) electrons. The average molecular weight is 305 g/mol. The number of halogens is 2. The molecule has 2 aromatic carbocycles. The van der Waals surface area contributed by atoms with E-state index in [0.717, 1.165) is 23.4 Å². The summed E-state index contributed by atoms with van der Waals surface area (Å²) in [5.74, 6) is -1.15. The van der Waals surface area contributed by atoms with Gasteiger partial charge >= 0.3 is 0 Å². The van der Waals surface area contributed by atoms with E-state index in [-0.39, 0.29) is 24.9 Å². The molecule has 0 heterocycles. The number of nitrogens with one attached hydrogen (secondary N) is 1. The summed E-state index contributed by atoms with van der Waals surface area (Å²) in [5.41, 5.74) is 7.71. The minimum Gasteiger partial charge on any atom is -0.489 e. The molecule has 2 rings (SSSR count). The lowest BCUT2D eigenvalue weighted by molar-refractivity contribution is 0.310. The first-order valence-corrected chi connectivity index (χ1v) is 6.76. The van der Waals surface area contributed by atoms with E-state index in [2.05, 4.69) is 10.3 Å². The molecule has 0 saturated carbocycles. The number of nitrogens with zero attached hydrogens (tertiary/aromatic N) is 1. The van der Waals surface area contributed by atoms with Gasteiger partial charge < -0.3 is 15.8 Å². The number of ether oxygens (including phenoxy) is 1. The Morgan fingerprint density at radius 3 is 2.59 bits per heavy atom. The maximum Gasteiger partial charge on any atom is 0.193 e. The first kappa shape index (κ1) is 15.8. The van der Waals surface area contributed by atoms with Crippen LogP contribution in [0.2, 0.25) is 0 Å². The van der Waals surface area contributed by atoms with Gasteiger partial charge in [-0.3, -0.25) is 0 Å². The summed E-state index contributed by atoms with van der Waals surface area (Å²) in [7, 11) is 0. The van der Waals surface area contributed by atoms with E-state index in [9.17, 15) is 8.78 Å². The summed E-state index contributed by atoms with van der Waals surface area (Å²) in [4.78, 5) is 4.07. The Balaban J connectivity index is 1.80. The third-order valence-corrected chi connectivity index (χ3v) is 2.85. The minimum atomic E-state index is -0.741. The Morgan fingerprint density at radius 2 is 1.91 bits per heavy atom. The van der Waals surface area contributed by atoms with Gasteiger partial charge in [-0.1, -0.05) is 17.7 Å². The third-order valence-electron chi connectivity index (χ3n) is 2.85. The lowest BCUT2D eigenvalue weighted by Gasteiger charge is -2.07. The normalized spacial score (nSPS) is 11.3. The molecule has 0 fully saturated rings. The predicted molar refractivity (Wildman–Crippen MR) is 83.1 cm³/mol. The van der Waals surface area contributed by atoms with Crippen molar-refractivity contribution in [3.63, 3.8) is 0 Å². The molecule has 116 valence electrons. The molecule has 0 amide bonds. The largest absolute Gasteiger partial charge is 0.489 e. The zero-order chi connectivity index (χ0) is 15.9. The van der Waals surface area contributed by atoms with Gasteiger partial charge in [0.25, 0.3) is 0 Å². The molecular formula is C16H17F2N3O. The molecule has 4 nitrogen and oxygen atoms in total. The molecular weight excluding hydrogens is 288 g/mol. The fourth-order valence-corrected chi connectivity index (χ4v) is 1.74. The molecule has 0 atom stereocenters. The minimum absolute atomic E-state index is 0.0123. The van der Waals surface area contributed by atoms with E-state index in [1.807, 2.05) is 31.2 Å². The van der Waals surface area contributed by atoms with Crippen molar-refractivity contribution in [2.24, 2.45) is 10.7 Å². The van der Waals surface area contributed by atoms with Crippen LogP contribution >= 0.6 is 0 Å². The van der Waals surface area contributed by atoms with Crippen molar-refractivity contribution in [1.82, 2.24) is 0 Å². The molecule has 0 aliphatic carbocycles. The second kappa shape index (κ2) is 7.40. The van der Waals surface area contributed by atoms with E-state index in [4.69, 9.17) is 10.5 Å². The predicted octanol–water partition coefficient (Wildman–Crippen LogP) is 3.08. The summed E-state index contributed by atoms with van der Waals surface area (Å²) in [6.45, 7) is 2.38. The molecule has 0 aliphatic heterocycles. The number of anilines is 1.